The van der Waals surface area contributed by atoms with Gasteiger partial charge >= 0.3 is 23.5 Å². The number of esters is 1. The van der Waals surface area contributed by atoms with E-state index >= 15 is 0 Å². The van der Waals surface area contributed by atoms with Gasteiger partial charge in [-0.15, -0.1) is 0 Å². The molecule has 0 aliphatic carbocycles. The van der Waals surface area contributed by atoms with Crippen LogP contribution in [-0.4, -0.2) is 43.6 Å². The van der Waals surface area contributed by atoms with Crippen molar-refractivity contribution in [2.24, 2.45) is 7.05 Å². The van der Waals surface area contributed by atoms with Crippen molar-refractivity contribution in [2.45, 2.75) is 38.7 Å². The highest BCUT2D eigenvalue weighted by molar-refractivity contribution is 6.32. The molecule has 0 amide bonds. The minimum Gasteiger partial charge on any atom is -0.462 e. The molecule has 0 saturated carbocycles. The number of nitrogens with zero attached hydrogens (tertiary/aromatic N) is 4. The van der Waals surface area contributed by atoms with E-state index in [4.69, 9.17) is 21.1 Å². The fourth-order valence-electron chi connectivity index (χ4n) is 4.72. The lowest BCUT2D eigenvalue weighted by atomic mass is 10.1. The second-order valence-electron chi connectivity index (χ2n) is 9.49. The van der Waals surface area contributed by atoms with Crippen LogP contribution in [0.1, 0.15) is 34.8 Å². The Hall–Kier alpha value is -4.10. The zero-order chi connectivity index (χ0) is 29.6. The average molecular weight is 593 g/mol. The Morgan fingerprint density at radius 2 is 1.83 bits per heavy atom. The molecule has 0 N–H and O–H groups in total. The van der Waals surface area contributed by atoms with Gasteiger partial charge in [-0.1, -0.05) is 23.7 Å². The number of hydrogen-bond donors (Lipinski definition) is 0. The molecule has 14 heteroatoms. The molecule has 1 aliphatic rings. The summed E-state index contributed by atoms with van der Waals surface area (Å²) in [5, 5.41) is -0.674. The molecule has 2 aromatic carbocycles. The lowest BCUT2D eigenvalue weighted by molar-refractivity contribution is -0.137. The largest absolute Gasteiger partial charge is 0.462 e. The van der Waals surface area contributed by atoms with Gasteiger partial charge in [0.15, 0.2) is 0 Å². The average Bonchev–Trinajstić information content (AvgIpc) is 3.13. The number of halogens is 4. The van der Waals surface area contributed by atoms with Crippen molar-refractivity contribution in [3.8, 4) is 5.69 Å². The Labute approximate surface area is 234 Å². The van der Waals surface area contributed by atoms with E-state index in [-0.39, 0.29) is 36.2 Å². The third kappa shape index (κ3) is 5.10. The van der Waals surface area contributed by atoms with Crippen molar-refractivity contribution < 1.29 is 27.4 Å². The van der Waals surface area contributed by atoms with E-state index in [1.165, 1.54) is 28.2 Å². The number of ether oxygens (including phenoxy) is 2. The number of fused-ring (bicyclic) bond motifs is 1. The topological polar surface area (TPSA) is 106 Å². The first-order chi connectivity index (χ1) is 19.4. The summed E-state index contributed by atoms with van der Waals surface area (Å²) in [7, 11) is 1.60. The first-order valence-electron chi connectivity index (χ1n) is 12.6. The van der Waals surface area contributed by atoms with E-state index < -0.39 is 46.1 Å². The van der Waals surface area contributed by atoms with Crippen molar-refractivity contribution in [2.75, 3.05) is 13.2 Å². The maximum absolute atomic E-state index is 13.7. The van der Waals surface area contributed by atoms with Crippen LogP contribution in [0.4, 0.5) is 13.2 Å². The summed E-state index contributed by atoms with van der Waals surface area (Å²) < 4.78 is 55.4. The van der Waals surface area contributed by atoms with Crippen LogP contribution in [-0.2, 0) is 35.8 Å². The van der Waals surface area contributed by atoms with Crippen molar-refractivity contribution in [3.05, 3.63) is 95.6 Å². The minimum atomic E-state index is -4.77. The van der Waals surface area contributed by atoms with Crippen molar-refractivity contribution in [1.29, 1.82) is 0 Å². The Balaban J connectivity index is 1.70. The van der Waals surface area contributed by atoms with Gasteiger partial charge < -0.3 is 9.47 Å². The smallest absolute Gasteiger partial charge is 0.417 e. The molecular weight excluding hydrogens is 569 g/mol. The molecular formula is C27H24ClF3N4O6. The van der Waals surface area contributed by atoms with Gasteiger partial charge in [-0.25, -0.2) is 14.4 Å². The van der Waals surface area contributed by atoms with Crippen LogP contribution in [0.15, 0.2) is 57.0 Å². The lowest BCUT2D eigenvalue weighted by Crippen LogP contribution is -2.42. The predicted octanol–water partition coefficient (Wildman–Crippen LogP) is 3.34. The van der Waals surface area contributed by atoms with E-state index in [0.717, 1.165) is 29.3 Å². The molecule has 5 rings (SSSR count). The predicted molar refractivity (Wildman–Crippen MR) is 143 cm³/mol. The monoisotopic (exact) mass is 592 g/mol. The molecule has 1 fully saturated rings. The van der Waals surface area contributed by atoms with Crippen LogP contribution in [0.3, 0.4) is 0 Å². The number of benzene rings is 2. The van der Waals surface area contributed by atoms with Crippen molar-refractivity contribution in [3.63, 3.8) is 0 Å². The van der Waals surface area contributed by atoms with E-state index in [1.807, 2.05) is 0 Å². The zero-order valence-corrected chi connectivity index (χ0v) is 22.7. The van der Waals surface area contributed by atoms with Gasteiger partial charge in [0.25, 0.3) is 5.56 Å². The summed E-state index contributed by atoms with van der Waals surface area (Å²) in [5.41, 5.74) is -2.84. The third-order valence-corrected chi connectivity index (χ3v) is 7.41. The minimum absolute atomic E-state index is 0.0671. The second kappa shape index (κ2) is 10.7. The van der Waals surface area contributed by atoms with Crippen LogP contribution in [0.25, 0.3) is 16.7 Å². The molecule has 1 unspecified atom stereocenters. The van der Waals surface area contributed by atoms with Gasteiger partial charge in [0.05, 0.1) is 53.1 Å². The number of carbonyl (C=O) groups is 1. The highest BCUT2D eigenvalue weighted by atomic mass is 35.5. The molecule has 3 heterocycles. The summed E-state index contributed by atoms with van der Waals surface area (Å²) in [6.07, 6.45) is -3.10. The molecule has 0 bridgehead atoms. The Morgan fingerprint density at radius 3 is 2.46 bits per heavy atom. The molecule has 2 aromatic heterocycles. The maximum Gasteiger partial charge on any atom is 0.417 e. The molecule has 10 nitrogen and oxygen atoms in total. The van der Waals surface area contributed by atoms with Gasteiger partial charge in [-0.3, -0.25) is 23.1 Å². The highest BCUT2D eigenvalue weighted by Gasteiger charge is 2.34. The summed E-state index contributed by atoms with van der Waals surface area (Å²) in [6.45, 7) is 1.70. The van der Waals surface area contributed by atoms with Gasteiger partial charge in [0.2, 0.25) is 0 Å². The van der Waals surface area contributed by atoms with Crippen LogP contribution >= 0.6 is 11.6 Å². The first-order valence-corrected chi connectivity index (χ1v) is 13.0. The quantitative estimate of drug-likeness (QED) is 0.305. The van der Waals surface area contributed by atoms with Crippen LogP contribution in [0.5, 0.6) is 0 Å². The van der Waals surface area contributed by atoms with E-state index in [1.54, 1.807) is 19.2 Å². The SMILES string of the molecule is CCOC(=O)c1cn(-c2ccc3c(c2)n(CC2CCO2)c(=O)n3C)c(=O)n(Cc2cccc(C(F)(F)F)c2Cl)c1=O. The molecule has 1 atom stereocenters. The second-order valence-corrected chi connectivity index (χ2v) is 9.87. The van der Waals surface area contributed by atoms with E-state index in [9.17, 15) is 32.3 Å². The van der Waals surface area contributed by atoms with Gasteiger partial charge in [0.1, 0.15) is 5.56 Å². The molecule has 0 spiro atoms. The standard InChI is InChI=1S/C27H24ClF3N4O6/c1-3-40-24(37)18-14-33(16-7-8-20-21(11-16)34(25(38)32(20)2)13-17-9-10-41-17)26(39)35(23(18)36)12-15-5-4-6-19(22(15)28)27(29,30)31/h4-8,11,14,17H,3,9-10,12-13H2,1-2H3. The Morgan fingerprint density at radius 1 is 1.10 bits per heavy atom. The number of carbonyl (C=O) groups excluding carboxylic acids is 1. The fourth-order valence-corrected chi connectivity index (χ4v) is 5.02. The van der Waals surface area contributed by atoms with E-state index in [0.29, 0.717) is 22.2 Å². The fraction of sp³-hybridized carbons (Fsp3) is 0.333. The zero-order valence-electron chi connectivity index (χ0n) is 21.9. The van der Waals surface area contributed by atoms with Crippen LogP contribution in [0, 0.1) is 0 Å². The maximum atomic E-state index is 13.7. The molecule has 4 aromatic rings. The van der Waals surface area contributed by atoms with Crippen molar-refractivity contribution >= 4 is 28.6 Å². The van der Waals surface area contributed by atoms with Crippen molar-refractivity contribution in [1.82, 2.24) is 18.3 Å². The summed E-state index contributed by atoms with van der Waals surface area (Å²) in [4.78, 5) is 52.6. The number of hydrogen-bond acceptors (Lipinski definition) is 6. The van der Waals surface area contributed by atoms with Gasteiger partial charge in [-0.2, -0.15) is 13.2 Å². The summed E-state index contributed by atoms with van der Waals surface area (Å²) in [5.74, 6) is -1.02. The number of imidazole rings is 1. The molecule has 216 valence electrons. The summed E-state index contributed by atoms with van der Waals surface area (Å²) in [6, 6.07) is 7.83. The molecule has 0 radical (unpaired) electrons. The van der Waals surface area contributed by atoms with E-state index in [2.05, 4.69) is 0 Å². The number of aryl methyl sites for hydroxylation is 1. The third-order valence-electron chi connectivity index (χ3n) is 6.97. The number of alkyl halides is 3. The number of aromatic nitrogens is 4. The molecule has 1 saturated heterocycles. The van der Waals surface area contributed by atoms with Gasteiger partial charge in [0, 0.05) is 19.9 Å². The normalized spacial score (nSPS) is 15.2. The lowest BCUT2D eigenvalue weighted by Gasteiger charge is -2.26. The Kier molecular flexibility index (Phi) is 7.43. The van der Waals surface area contributed by atoms with Crippen LogP contribution in [0.2, 0.25) is 5.02 Å². The summed E-state index contributed by atoms with van der Waals surface area (Å²) >= 11 is 6.03. The molecule has 41 heavy (non-hydrogen) atoms. The highest BCUT2D eigenvalue weighted by Crippen LogP contribution is 2.36. The molecule has 1 aliphatic heterocycles. The number of rotatable bonds is 7. The van der Waals surface area contributed by atoms with Crippen LogP contribution < -0.4 is 16.9 Å². The van der Waals surface area contributed by atoms with Gasteiger partial charge in [-0.05, 0) is 43.2 Å². The first kappa shape index (κ1) is 28.4. The Bertz CT molecular complexity index is 1850.